The van der Waals surface area contributed by atoms with Crippen LogP contribution in [0, 0.1) is 11.3 Å². The van der Waals surface area contributed by atoms with Crippen molar-refractivity contribution in [2.45, 2.75) is 30.5 Å². The van der Waals surface area contributed by atoms with Crippen molar-refractivity contribution in [1.29, 1.82) is 5.26 Å². The molecular formula is C21H18F3N3O4S. The Labute approximate surface area is 182 Å². The summed E-state index contributed by atoms with van der Waals surface area (Å²) >= 11 is 0. The summed E-state index contributed by atoms with van der Waals surface area (Å²) in [5.74, 6) is -0.571. The van der Waals surface area contributed by atoms with E-state index in [-0.39, 0.29) is 30.9 Å². The van der Waals surface area contributed by atoms with E-state index in [1.54, 1.807) is 35.0 Å². The summed E-state index contributed by atoms with van der Waals surface area (Å²) in [4.78, 5) is 11.7. The third kappa shape index (κ3) is 5.46. The quantitative estimate of drug-likeness (QED) is 0.405. The summed E-state index contributed by atoms with van der Waals surface area (Å²) in [6.45, 7) is -0.196. The Morgan fingerprint density at radius 1 is 1.16 bits per heavy atom. The Morgan fingerprint density at radius 2 is 1.88 bits per heavy atom. The van der Waals surface area contributed by atoms with Gasteiger partial charge in [-0.1, -0.05) is 6.07 Å². The number of nitriles is 1. The summed E-state index contributed by atoms with van der Waals surface area (Å²) in [5.41, 5.74) is 0.700. The van der Waals surface area contributed by atoms with Crippen molar-refractivity contribution >= 4 is 21.5 Å². The largest absolute Gasteiger partial charge is 0.461 e. The molecule has 168 valence electrons. The molecule has 32 heavy (non-hydrogen) atoms. The topological polar surface area (TPSA) is 101 Å². The van der Waals surface area contributed by atoms with Crippen LogP contribution in [0.5, 0.6) is 0 Å². The number of esters is 1. The van der Waals surface area contributed by atoms with Gasteiger partial charge in [-0.05, 0) is 42.8 Å². The first-order chi connectivity index (χ1) is 15.1. The summed E-state index contributed by atoms with van der Waals surface area (Å²) in [5, 5.41) is 9.34. The molecule has 3 aromatic rings. The molecule has 3 rings (SSSR count). The Balaban J connectivity index is 1.47. The maximum absolute atomic E-state index is 12.6. The lowest BCUT2D eigenvalue weighted by Gasteiger charge is -2.09. The first-order valence-corrected chi connectivity index (χ1v) is 10.9. The molecule has 1 aromatic carbocycles. The zero-order valence-electron chi connectivity index (χ0n) is 16.6. The number of nitrogens with zero attached hydrogens (tertiary/aromatic N) is 2. The molecular weight excluding hydrogens is 447 g/mol. The molecule has 0 saturated heterocycles. The number of aromatic nitrogens is 1. The van der Waals surface area contributed by atoms with Crippen LogP contribution in [0.25, 0.3) is 5.52 Å². The van der Waals surface area contributed by atoms with E-state index in [4.69, 9.17) is 4.74 Å². The highest BCUT2D eigenvalue weighted by atomic mass is 32.2. The number of hydrogen-bond donors (Lipinski definition) is 1. The van der Waals surface area contributed by atoms with Gasteiger partial charge in [-0.3, -0.25) is 4.79 Å². The Bertz CT molecular complexity index is 1260. The maximum atomic E-state index is 12.6. The molecule has 0 spiro atoms. The van der Waals surface area contributed by atoms with Gasteiger partial charge in [0.05, 0.1) is 21.5 Å². The number of carbonyl (C=O) groups excluding carboxylic acids is 1. The van der Waals surface area contributed by atoms with E-state index in [2.05, 4.69) is 10.8 Å². The van der Waals surface area contributed by atoms with Crippen molar-refractivity contribution in [2.75, 3.05) is 6.54 Å². The number of benzene rings is 1. The molecule has 0 saturated carbocycles. The molecule has 0 radical (unpaired) electrons. The third-order valence-electron chi connectivity index (χ3n) is 4.60. The molecule has 11 heteroatoms. The van der Waals surface area contributed by atoms with Crippen molar-refractivity contribution < 1.29 is 31.1 Å². The van der Waals surface area contributed by atoms with Crippen LogP contribution < -0.4 is 4.72 Å². The molecule has 1 N–H and O–H groups in total. The van der Waals surface area contributed by atoms with Crippen LogP contribution in [0.1, 0.15) is 29.5 Å². The van der Waals surface area contributed by atoms with Gasteiger partial charge >= 0.3 is 12.1 Å². The molecule has 0 aliphatic heterocycles. The SMILES string of the molecule is N#Cc1c(COC(=O)CCCNS(=O)(=O)c2ccc(C(F)(F)F)cc2)cn2ccccc12. The van der Waals surface area contributed by atoms with Gasteiger partial charge < -0.3 is 9.14 Å². The molecule has 7 nitrogen and oxygen atoms in total. The van der Waals surface area contributed by atoms with Gasteiger partial charge in [0, 0.05) is 30.9 Å². The van der Waals surface area contributed by atoms with Gasteiger partial charge in [-0.15, -0.1) is 0 Å². The van der Waals surface area contributed by atoms with Gasteiger partial charge in [-0.25, -0.2) is 13.1 Å². The van der Waals surface area contributed by atoms with Crippen LogP contribution in [-0.2, 0) is 32.3 Å². The molecule has 2 aromatic heterocycles. The Hall–Kier alpha value is -3.36. The number of ether oxygens (including phenoxy) is 1. The summed E-state index contributed by atoms with van der Waals surface area (Å²) in [6.07, 6.45) is -1.05. The molecule has 0 atom stereocenters. The number of carbonyl (C=O) groups is 1. The van der Waals surface area contributed by atoms with Crippen LogP contribution in [0.15, 0.2) is 59.8 Å². The molecule has 2 heterocycles. The van der Waals surface area contributed by atoms with E-state index in [1.165, 1.54) is 0 Å². The predicted molar refractivity (Wildman–Crippen MR) is 108 cm³/mol. The first-order valence-electron chi connectivity index (χ1n) is 9.43. The zero-order chi connectivity index (χ0) is 23.4. The van der Waals surface area contributed by atoms with Crippen molar-refractivity contribution in [3.05, 3.63) is 71.5 Å². The second kappa shape index (κ2) is 9.42. The van der Waals surface area contributed by atoms with Crippen LogP contribution in [0.3, 0.4) is 0 Å². The number of hydrogen-bond acceptors (Lipinski definition) is 5. The lowest BCUT2D eigenvalue weighted by Crippen LogP contribution is -2.25. The number of rotatable bonds is 8. The molecule has 0 unspecified atom stereocenters. The smallest absolute Gasteiger partial charge is 0.416 e. The van der Waals surface area contributed by atoms with Gasteiger partial charge in [0.2, 0.25) is 10.0 Å². The van der Waals surface area contributed by atoms with E-state index in [1.807, 2.05) is 0 Å². The molecule has 0 amide bonds. The van der Waals surface area contributed by atoms with E-state index in [9.17, 15) is 31.6 Å². The first kappa shape index (κ1) is 23.3. The molecule has 0 aliphatic carbocycles. The second-order valence-electron chi connectivity index (χ2n) is 6.82. The van der Waals surface area contributed by atoms with Gasteiger partial charge in [-0.2, -0.15) is 18.4 Å². The summed E-state index contributed by atoms with van der Waals surface area (Å²) < 4.78 is 71.2. The number of nitrogens with one attached hydrogen (secondary N) is 1. The van der Waals surface area contributed by atoms with Crippen LogP contribution in [0.2, 0.25) is 0 Å². The van der Waals surface area contributed by atoms with Crippen molar-refractivity contribution in [2.24, 2.45) is 0 Å². The lowest BCUT2D eigenvalue weighted by atomic mass is 10.2. The predicted octanol–water partition coefficient (Wildman–Crippen LogP) is 3.63. The highest BCUT2D eigenvalue weighted by Crippen LogP contribution is 2.29. The highest BCUT2D eigenvalue weighted by Gasteiger charge is 2.30. The zero-order valence-corrected chi connectivity index (χ0v) is 17.4. The lowest BCUT2D eigenvalue weighted by molar-refractivity contribution is -0.145. The third-order valence-corrected chi connectivity index (χ3v) is 6.08. The minimum atomic E-state index is -4.56. The Morgan fingerprint density at radius 3 is 2.53 bits per heavy atom. The van der Waals surface area contributed by atoms with Gasteiger partial charge in [0.25, 0.3) is 0 Å². The normalized spacial score (nSPS) is 11.9. The van der Waals surface area contributed by atoms with E-state index >= 15 is 0 Å². The fraction of sp³-hybridized carbons (Fsp3) is 0.238. The fourth-order valence-electron chi connectivity index (χ4n) is 2.99. The van der Waals surface area contributed by atoms with E-state index in [0.29, 0.717) is 28.8 Å². The van der Waals surface area contributed by atoms with Crippen LogP contribution >= 0.6 is 0 Å². The van der Waals surface area contributed by atoms with Crippen LogP contribution in [-0.4, -0.2) is 25.3 Å². The molecule has 0 aliphatic rings. The minimum Gasteiger partial charge on any atom is -0.461 e. The molecule has 0 bridgehead atoms. The average Bonchev–Trinajstić information content (AvgIpc) is 3.12. The number of sulfonamides is 1. The number of fused-ring (bicyclic) bond motifs is 1. The molecule has 0 fully saturated rings. The van der Waals surface area contributed by atoms with Crippen molar-refractivity contribution in [3.8, 4) is 6.07 Å². The minimum absolute atomic E-state index is 0.0786. The number of alkyl halides is 3. The van der Waals surface area contributed by atoms with Crippen molar-refractivity contribution in [1.82, 2.24) is 9.12 Å². The average molecular weight is 465 g/mol. The van der Waals surface area contributed by atoms with Gasteiger partial charge in [0.1, 0.15) is 12.7 Å². The van der Waals surface area contributed by atoms with Crippen LogP contribution in [0.4, 0.5) is 13.2 Å². The number of halogens is 3. The Kier molecular flexibility index (Phi) is 6.86. The summed E-state index contributed by atoms with van der Waals surface area (Å²) in [7, 11) is -4.01. The second-order valence-corrected chi connectivity index (χ2v) is 8.59. The van der Waals surface area contributed by atoms with Crippen molar-refractivity contribution in [3.63, 3.8) is 0 Å². The highest BCUT2D eigenvalue weighted by molar-refractivity contribution is 7.89. The van der Waals surface area contributed by atoms with Gasteiger partial charge in [0.15, 0.2) is 0 Å². The monoisotopic (exact) mass is 465 g/mol. The van der Waals surface area contributed by atoms with E-state index < -0.39 is 27.7 Å². The van der Waals surface area contributed by atoms with E-state index in [0.717, 1.165) is 12.1 Å². The fourth-order valence-corrected chi connectivity index (χ4v) is 4.07. The maximum Gasteiger partial charge on any atom is 0.416 e. The standard InChI is InChI=1S/C21H18F3N3O4S/c22-21(23,24)16-6-8-17(9-7-16)32(29,30)26-10-3-5-20(28)31-14-15-13-27-11-2-1-4-19(27)18(15)12-25/h1-2,4,6-9,11,13,26H,3,5,10,14H2. The summed E-state index contributed by atoms with van der Waals surface area (Å²) in [6, 6.07) is 10.6. The number of pyridine rings is 1.